The molecule has 5 nitrogen and oxygen atoms in total. The van der Waals surface area contributed by atoms with E-state index in [4.69, 9.17) is 15.6 Å². The van der Waals surface area contributed by atoms with Gasteiger partial charge in [-0.3, -0.25) is 0 Å². The third kappa shape index (κ3) is 2.49. The summed E-state index contributed by atoms with van der Waals surface area (Å²) in [4.78, 5) is 2.59. The molecule has 2 N–H and O–H groups in total. The van der Waals surface area contributed by atoms with Crippen LogP contribution in [0.25, 0.3) is 10.4 Å². The first-order valence-corrected chi connectivity index (χ1v) is 3.70. The van der Waals surface area contributed by atoms with Crippen molar-refractivity contribution >= 4 is 12.6 Å². The van der Waals surface area contributed by atoms with Gasteiger partial charge in [0.25, 0.3) is 0 Å². The van der Waals surface area contributed by atoms with Crippen molar-refractivity contribution in [3.63, 3.8) is 0 Å². The quantitative estimate of drug-likeness (QED) is 0.298. The first-order chi connectivity index (χ1) is 6.25. The molecule has 0 unspecified atom stereocenters. The van der Waals surface area contributed by atoms with E-state index >= 15 is 0 Å². The van der Waals surface area contributed by atoms with Crippen LogP contribution in [0.5, 0.6) is 0 Å². The first-order valence-electron chi connectivity index (χ1n) is 3.70. The molecule has 0 radical (unpaired) electrons. The summed E-state index contributed by atoms with van der Waals surface area (Å²) in [6.45, 7) is 0.129. The zero-order valence-corrected chi connectivity index (χ0v) is 6.83. The van der Waals surface area contributed by atoms with Crippen LogP contribution in [0.4, 0.5) is 0 Å². The van der Waals surface area contributed by atoms with Gasteiger partial charge in [-0.15, -0.1) is 0 Å². The second-order valence-electron chi connectivity index (χ2n) is 2.46. The van der Waals surface area contributed by atoms with Gasteiger partial charge < -0.3 is 10.0 Å². The van der Waals surface area contributed by atoms with Gasteiger partial charge in [-0.2, -0.15) is 0 Å². The number of azide groups is 1. The fraction of sp³-hybridized carbons (Fsp3) is 0.143. The Labute approximate surface area is 75.4 Å². The van der Waals surface area contributed by atoms with Crippen molar-refractivity contribution in [2.75, 3.05) is 0 Å². The third-order valence-electron chi connectivity index (χ3n) is 1.64. The number of nitrogens with zero attached hydrogens (tertiary/aromatic N) is 3. The Morgan fingerprint density at radius 2 is 2.08 bits per heavy atom. The highest BCUT2D eigenvalue weighted by Crippen LogP contribution is 1.99. The molecule has 6 heteroatoms. The molecule has 13 heavy (non-hydrogen) atoms. The van der Waals surface area contributed by atoms with Gasteiger partial charge in [-0.1, -0.05) is 29.4 Å². The van der Waals surface area contributed by atoms with E-state index < -0.39 is 7.12 Å². The minimum Gasteiger partial charge on any atom is -0.423 e. The van der Waals surface area contributed by atoms with Crippen molar-refractivity contribution in [1.82, 2.24) is 0 Å². The highest BCUT2D eigenvalue weighted by Gasteiger charge is 2.13. The summed E-state index contributed by atoms with van der Waals surface area (Å²) in [7, 11) is -1.52. The average Bonchev–Trinajstić information content (AvgIpc) is 2.15. The van der Waals surface area contributed by atoms with Crippen molar-refractivity contribution in [2.45, 2.75) is 6.54 Å². The number of hydrogen-bond donors (Lipinski definition) is 2. The summed E-state index contributed by atoms with van der Waals surface area (Å²) < 4.78 is 0. The molecule has 1 aromatic carbocycles. The van der Waals surface area contributed by atoms with Crippen LogP contribution >= 0.6 is 0 Å². The molecule has 0 amide bonds. The van der Waals surface area contributed by atoms with E-state index in [1.54, 1.807) is 24.3 Å². The summed E-state index contributed by atoms with van der Waals surface area (Å²) in [5.41, 5.74) is 9.08. The monoisotopic (exact) mass is 177 g/mol. The molecular formula is C7H8BN3O2. The van der Waals surface area contributed by atoms with Crippen LogP contribution in [-0.2, 0) is 6.54 Å². The lowest BCUT2D eigenvalue weighted by Crippen LogP contribution is -2.32. The van der Waals surface area contributed by atoms with Gasteiger partial charge in [0.15, 0.2) is 0 Å². The fourth-order valence-corrected chi connectivity index (χ4v) is 1.04. The lowest BCUT2D eigenvalue weighted by atomic mass is 9.77. The summed E-state index contributed by atoms with van der Waals surface area (Å²) in [5.74, 6) is 0. The lowest BCUT2D eigenvalue weighted by Gasteiger charge is -2.04. The maximum absolute atomic E-state index is 8.92. The molecule has 0 spiro atoms. The molecule has 0 fully saturated rings. The van der Waals surface area contributed by atoms with Crippen molar-refractivity contribution < 1.29 is 10.0 Å². The second-order valence-corrected chi connectivity index (χ2v) is 2.46. The zero-order valence-electron chi connectivity index (χ0n) is 6.83. The second kappa shape index (κ2) is 4.52. The van der Waals surface area contributed by atoms with E-state index in [-0.39, 0.29) is 6.54 Å². The molecule has 1 aromatic rings. The summed E-state index contributed by atoms with van der Waals surface area (Å²) in [6.07, 6.45) is 0. The average molecular weight is 177 g/mol. The zero-order chi connectivity index (χ0) is 9.68. The Hall–Kier alpha value is -1.49. The maximum Gasteiger partial charge on any atom is 0.488 e. The van der Waals surface area contributed by atoms with Crippen molar-refractivity contribution in [3.05, 3.63) is 40.3 Å². The van der Waals surface area contributed by atoms with Crippen LogP contribution in [0.15, 0.2) is 29.4 Å². The standard InChI is InChI=1S/C7H8BN3O2/c9-11-10-5-6-3-1-2-4-7(6)8(12)13/h1-4,12-13H,5H2. The summed E-state index contributed by atoms with van der Waals surface area (Å²) in [5, 5.41) is 21.2. The van der Waals surface area contributed by atoms with Crippen molar-refractivity contribution in [3.8, 4) is 0 Å². The van der Waals surface area contributed by atoms with Gasteiger partial charge in [0.05, 0.1) is 6.54 Å². The molecule has 66 valence electrons. The van der Waals surface area contributed by atoms with Crippen LogP contribution in [0.2, 0.25) is 0 Å². The molecule has 1 rings (SSSR count). The van der Waals surface area contributed by atoms with Gasteiger partial charge in [0, 0.05) is 4.91 Å². The van der Waals surface area contributed by atoms with Crippen LogP contribution in [-0.4, -0.2) is 17.2 Å². The molecule has 0 aromatic heterocycles. The Bertz CT molecular complexity index is 336. The van der Waals surface area contributed by atoms with Gasteiger partial charge >= 0.3 is 7.12 Å². The molecule has 0 heterocycles. The van der Waals surface area contributed by atoms with E-state index in [2.05, 4.69) is 10.0 Å². The Morgan fingerprint density at radius 3 is 2.69 bits per heavy atom. The molecule has 0 saturated heterocycles. The molecule has 0 aliphatic heterocycles. The number of rotatable bonds is 3. The molecule has 0 atom stereocenters. The Balaban J connectivity index is 2.97. The van der Waals surface area contributed by atoms with Gasteiger partial charge in [0.2, 0.25) is 0 Å². The maximum atomic E-state index is 8.92. The van der Waals surface area contributed by atoms with Crippen molar-refractivity contribution in [2.24, 2.45) is 5.11 Å². The van der Waals surface area contributed by atoms with Gasteiger partial charge in [-0.05, 0) is 16.6 Å². The molecule has 0 bridgehead atoms. The molecule has 0 aliphatic carbocycles. The number of benzene rings is 1. The first kappa shape index (κ1) is 9.60. The number of hydrogen-bond acceptors (Lipinski definition) is 3. The largest absolute Gasteiger partial charge is 0.488 e. The Kier molecular flexibility index (Phi) is 3.34. The molecule has 0 saturated carbocycles. The van der Waals surface area contributed by atoms with Gasteiger partial charge in [-0.25, -0.2) is 0 Å². The minimum absolute atomic E-state index is 0.129. The lowest BCUT2D eigenvalue weighted by molar-refractivity contribution is 0.425. The van der Waals surface area contributed by atoms with E-state index in [1.165, 1.54) is 0 Å². The van der Waals surface area contributed by atoms with E-state index in [0.29, 0.717) is 11.0 Å². The van der Waals surface area contributed by atoms with E-state index in [1.807, 2.05) is 0 Å². The van der Waals surface area contributed by atoms with Crippen molar-refractivity contribution in [1.29, 1.82) is 0 Å². The van der Waals surface area contributed by atoms with Crippen LogP contribution in [0.1, 0.15) is 5.56 Å². The summed E-state index contributed by atoms with van der Waals surface area (Å²) in [6, 6.07) is 6.69. The third-order valence-corrected chi connectivity index (χ3v) is 1.64. The normalized spacial score (nSPS) is 9.08. The topological polar surface area (TPSA) is 89.2 Å². The SMILES string of the molecule is [N-]=[N+]=NCc1ccccc1B(O)O. The highest BCUT2D eigenvalue weighted by molar-refractivity contribution is 6.59. The van der Waals surface area contributed by atoms with Crippen LogP contribution < -0.4 is 5.46 Å². The van der Waals surface area contributed by atoms with Gasteiger partial charge in [0.1, 0.15) is 0 Å². The summed E-state index contributed by atoms with van der Waals surface area (Å²) >= 11 is 0. The van der Waals surface area contributed by atoms with E-state index in [0.717, 1.165) is 0 Å². The predicted molar refractivity (Wildman–Crippen MR) is 49.1 cm³/mol. The van der Waals surface area contributed by atoms with Crippen LogP contribution in [0, 0.1) is 0 Å². The predicted octanol–water partition coefficient (Wildman–Crippen LogP) is 0.177. The molecular weight excluding hydrogens is 169 g/mol. The highest BCUT2D eigenvalue weighted by atomic mass is 16.4. The van der Waals surface area contributed by atoms with E-state index in [9.17, 15) is 0 Å². The molecule has 0 aliphatic rings. The Morgan fingerprint density at radius 1 is 1.38 bits per heavy atom. The fourth-order valence-electron chi connectivity index (χ4n) is 1.04. The smallest absolute Gasteiger partial charge is 0.423 e. The minimum atomic E-state index is -1.52. The van der Waals surface area contributed by atoms with Crippen LogP contribution in [0.3, 0.4) is 0 Å².